The summed E-state index contributed by atoms with van der Waals surface area (Å²) in [6.45, 7) is 12.4. The van der Waals surface area contributed by atoms with Crippen LogP contribution >= 0.6 is 0 Å². The fourth-order valence-electron chi connectivity index (χ4n) is 1.59. The fraction of sp³-hybridized carbons (Fsp3) is 0.938. The van der Waals surface area contributed by atoms with Gasteiger partial charge in [-0.25, -0.2) is 0 Å². The van der Waals surface area contributed by atoms with Gasteiger partial charge in [0.15, 0.2) is 0 Å². The largest absolute Gasteiger partial charge is 0.379 e. The first kappa shape index (κ1) is 20.3. The first-order chi connectivity index (χ1) is 10.0. The average molecular weight is 303 g/mol. The lowest BCUT2D eigenvalue weighted by molar-refractivity contribution is -0.124. The molecule has 0 bridgehead atoms. The van der Waals surface area contributed by atoms with Crippen molar-refractivity contribution in [3.05, 3.63) is 0 Å². The van der Waals surface area contributed by atoms with E-state index >= 15 is 0 Å². The molecule has 0 aromatic carbocycles. The molecule has 5 nitrogen and oxygen atoms in total. The number of carbonyl (C=O) groups is 1. The standard InChI is InChI=1S/C16H33NO4/c1-14(2)6-5-8-19-10-12-21-13-11-20-9-7-17-16(18)15(3)4/h14-15H,5-13H2,1-4H3,(H,17,18). The first-order valence-corrected chi connectivity index (χ1v) is 8.05. The number of hydrogen-bond acceptors (Lipinski definition) is 4. The number of amides is 1. The molecule has 0 aliphatic rings. The maximum atomic E-state index is 11.3. The highest BCUT2D eigenvalue weighted by Gasteiger charge is 2.04. The van der Waals surface area contributed by atoms with Gasteiger partial charge in [0.1, 0.15) is 0 Å². The topological polar surface area (TPSA) is 56.8 Å². The van der Waals surface area contributed by atoms with E-state index in [1.165, 1.54) is 6.42 Å². The van der Waals surface area contributed by atoms with Crippen LogP contribution in [0.25, 0.3) is 0 Å². The molecule has 0 aromatic heterocycles. The summed E-state index contributed by atoms with van der Waals surface area (Å²) in [6, 6.07) is 0. The Morgan fingerprint density at radius 3 is 1.90 bits per heavy atom. The molecule has 1 N–H and O–H groups in total. The first-order valence-electron chi connectivity index (χ1n) is 8.05. The number of nitrogens with one attached hydrogen (secondary N) is 1. The van der Waals surface area contributed by atoms with Crippen molar-refractivity contribution in [2.45, 2.75) is 40.5 Å². The van der Waals surface area contributed by atoms with Gasteiger partial charge < -0.3 is 19.5 Å². The van der Waals surface area contributed by atoms with E-state index in [0.29, 0.717) is 39.6 Å². The molecule has 0 aliphatic heterocycles. The Morgan fingerprint density at radius 1 is 0.857 bits per heavy atom. The van der Waals surface area contributed by atoms with Gasteiger partial charge in [-0.15, -0.1) is 0 Å². The zero-order chi connectivity index (χ0) is 15.9. The minimum atomic E-state index is 0.0221. The lowest BCUT2D eigenvalue weighted by atomic mass is 10.1. The van der Waals surface area contributed by atoms with Gasteiger partial charge in [0.05, 0.1) is 33.0 Å². The van der Waals surface area contributed by atoms with Crippen molar-refractivity contribution in [3.63, 3.8) is 0 Å². The molecular formula is C16H33NO4. The highest BCUT2D eigenvalue weighted by Crippen LogP contribution is 2.02. The third-order valence-electron chi connectivity index (χ3n) is 2.88. The Morgan fingerprint density at radius 2 is 1.38 bits per heavy atom. The van der Waals surface area contributed by atoms with Crippen molar-refractivity contribution in [1.82, 2.24) is 5.32 Å². The molecule has 0 rings (SSSR count). The Balaban J connectivity index is 3.08. The van der Waals surface area contributed by atoms with E-state index in [2.05, 4.69) is 19.2 Å². The molecule has 0 heterocycles. The van der Waals surface area contributed by atoms with Gasteiger partial charge >= 0.3 is 0 Å². The molecule has 5 heteroatoms. The minimum absolute atomic E-state index is 0.0221. The van der Waals surface area contributed by atoms with E-state index in [1.54, 1.807) is 0 Å². The van der Waals surface area contributed by atoms with Crippen LogP contribution in [0.2, 0.25) is 0 Å². The smallest absolute Gasteiger partial charge is 0.222 e. The van der Waals surface area contributed by atoms with Crippen molar-refractivity contribution < 1.29 is 19.0 Å². The maximum absolute atomic E-state index is 11.3. The normalized spacial score (nSPS) is 11.3. The maximum Gasteiger partial charge on any atom is 0.222 e. The third-order valence-corrected chi connectivity index (χ3v) is 2.88. The van der Waals surface area contributed by atoms with Crippen LogP contribution in [0.5, 0.6) is 0 Å². The van der Waals surface area contributed by atoms with E-state index in [0.717, 1.165) is 18.9 Å². The molecule has 0 saturated carbocycles. The summed E-state index contributed by atoms with van der Waals surface area (Å²) in [5.74, 6) is 0.825. The number of rotatable bonds is 14. The summed E-state index contributed by atoms with van der Waals surface area (Å²) in [5, 5.41) is 2.80. The van der Waals surface area contributed by atoms with Gasteiger partial charge in [-0.1, -0.05) is 27.7 Å². The molecule has 126 valence electrons. The predicted octanol–water partition coefficient (Wildman–Crippen LogP) is 2.24. The molecule has 0 unspecified atom stereocenters. The molecule has 0 aromatic rings. The van der Waals surface area contributed by atoms with Crippen LogP contribution in [-0.4, -0.2) is 52.1 Å². The number of ether oxygens (including phenoxy) is 3. The molecule has 0 radical (unpaired) electrons. The van der Waals surface area contributed by atoms with E-state index < -0.39 is 0 Å². The van der Waals surface area contributed by atoms with Crippen molar-refractivity contribution in [3.8, 4) is 0 Å². The van der Waals surface area contributed by atoms with Gasteiger partial charge in [0, 0.05) is 19.1 Å². The molecule has 1 amide bonds. The van der Waals surface area contributed by atoms with Crippen molar-refractivity contribution in [1.29, 1.82) is 0 Å². The quantitative estimate of drug-likeness (QED) is 0.500. The second-order valence-corrected chi connectivity index (χ2v) is 5.82. The molecule has 0 spiro atoms. The van der Waals surface area contributed by atoms with E-state index in [-0.39, 0.29) is 11.8 Å². The minimum Gasteiger partial charge on any atom is -0.379 e. The summed E-state index contributed by atoms with van der Waals surface area (Å²) in [7, 11) is 0. The monoisotopic (exact) mass is 303 g/mol. The Kier molecular flexibility index (Phi) is 13.9. The van der Waals surface area contributed by atoms with Gasteiger partial charge in [-0.3, -0.25) is 4.79 Å². The summed E-state index contributed by atoms with van der Waals surface area (Å²) in [4.78, 5) is 11.3. The van der Waals surface area contributed by atoms with E-state index in [9.17, 15) is 4.79 Å². The van der Waals surface area contributed by atoms with Crippen molar-refractivity contribution in [2.75, 3.05) is 46.2 Å². The van der Waals surface area contributed by atoms with Crippen LogP contribution in [0.4, 0.5) is 0 Å². The Labute approximate surface area is 129 Å². The van der Waals surface area contributed by atoms with Gasteiger partial charge in [0.25, 0.3) is 0 Å². The van der Waals surface area contributed by atoms with Crippen molar-refractivity contribution >= 4 is 5.91 Å². The number of hydrogen-bond donors (Lipinski definition) is 1. The third kappa shape index (κ3) is 15.6. The number of carbonyl (C=O) groups excluding carboxylic acids is 1. The fourth-order valence-corrected chi connectivity index (χ4v) is 1.59. The van der Waals surface area contributed by atoms with Gasteiger partial charge in [-0.05, 0) is 18.8 Å². The van der Waals surface area contributed by atoms with Crippen LogP contribution < -0.4 is 5.32 Å². The molecule has 0 aliphatic carbocycles. The van der Waals surface area contributed by atoms with Crippen LogP contribution in [0, 0.1) is 11.8 Å². The van der Waals surface area contributed by atoms with Crippen molar-refractivity contribution in [2.24, 2.45) is 11.8 Å². The van der Waals surface area contributed by atoms with E-state index in [4.69, 9.17) is 14.2 Å². The highest BCUT2D eigenvalue weighted by atomic mass is 16.5. The summed E-state index contributed by atoms with van der Waals surface area (Å²) >= 11 is 0. The zero-order valence-electron chi connectivity index (χ0n) is 14.2. The SMILES string of the molecule is CC(C)CCCOCCOCCOCCNC(=O)C(C)C. The molecule has 0 fully saturated rings. The average Bonchev–Trinajstić information content (AvgIpc) is 2.43. The Bertz CT molecular complexity index is 244. The van der Waals surface area contributed by atoms with Crippen LogP contribution in [0.1, 0.15) is 40.5 Å². The van der Waals surface area contributed by atoms with E-state index in [1.807, 2.05) is 13.8 Å². The summed E-state index contributed by atoms with van der Waals surface area (Å²) in [5.41, 5.74) is 0. The highest BCUT2D eigenvalue weighted by molar-refractivity contribution is 5.77. The van der Waals surface area contributed by atoms with Crippen LogP contribution in [0.15, 0.2) is 0 Å². The Hall–Kier alpha value is -0.650. The lowest BCUT2D eigenvalue weighted by Gasteiger charge is -2.09. The van der Waals surface area contributed by atoms with Crippen LogP contribution in [-0.2, 0) is 19.0 Å². The lowest BCUT2D eigenvalue weighted by Crippen LogP contribution is -2.31. The zero-order valence-corrected chi connectivity index (χ0v) is 14.2. The van der Waals surface area contributed by atoms with Gasteiger partial charge in [0.2, 0.25) is 5.91 Å². The second-order valence-electron chi connectivity index (χ2n) is 5.82. The summed E-state index contributed by atoms with van der Waals surface area (Å²) < 4.78 is 16.2. The second kappa shape index (κ2) is 14.3. The molecule has 0 atom stereocenters. The molecule has 0 saturated heterocycles. The summed E-state index contributed by atoms with van der Waals surface area (Å²) in [6.07, 6.45) is 2.32. The molecule has 21 heavy (non-hydrogen) atoms. The van der Waals surface area contributed by atoms with Gasteiger partial charge in [-0.2, -0.15) is 0 Å². The van der Waals surface area contributed by atoms with Crippen LogP contribution in [0.3, 0.4) is 0 Å². The molecular weight excluding hydrogens is 270 g/mol. The predicted molar refractivity (Wildman–Crippen MR) is 84.4 cm³/mol.